The maximum Gasteiger partial charge on any atom is 0.103 e. The normalized spacial score (nSPS) is 12.5. The number of thiocarbonyl (C=S) groups is 1. The zero-order chi connectivity index (χ0) is 13.7. The highest BCUT2D eigenvalue weighted by atomic mass is 32.1. The van der Waals surface area contributed by atoms with E-state index in [1.807, 2.05) is 12.1 Å². The number of hydrogen-bond acceptors (Lipinski definition) is 2. The van der Waals surface area contributed by atoms with Crippen LogP contribution in [0.15, 0.2) is 24.3 Å². The third-order valence-electron chi connectivity index (χ3n) is 3.05. The summed E-state index contributed by atoms with van der Waals surface area (Å²) in [6, 6.07) is 8.13. The highest BCUT2D eigenvalue weighted by Crippen LogP contribution is 2.18. The van der Waals surface area contributed by atoms with Gasteiger partial charge < -0.3 is 10.6 Å². The summed E-state index contributed by atoms with van der Waals surface area (Å²) in [7, 11) is 2.13. The molecule has 0 aliphatic rings. The molecular weight excluding hydrogens is 240 g/mol. The molecule has 100 valence electrons. The van der Waals surface area contributed by atoms with Crippen LogP contribution in [0.1, 0.15) is 32.8 Å². The van der Waals surface area contributed by atoms with Crippen molar-refractivity contribution in [2.45, 2.75) is 27.2 Å². The third-order valence-corrected chi connectivity index (χ3v) is 3.29. The molecule has 1 rings (SSSR count). The Morgan fingerprint density at radius 1 is 1.22 bits per heavy atom. The van der Waals surface area contributed by atoms with Gasteiger partial charge in [0.05, 0.1) is 0 Å². The minimum absolute atomic E-state index is 0.456. The first kappa shape index (κ1) is 15.0. The second-order valence-electron chi connectivity index (χ2n) is 5.53. The maximum atomic E-state index is 5.59. The van der Waals surface area contributed by atoms with Crippen LogP contribution in [0.3, 0.4) is 0 Å². The van der Waals surface area contributed by atoms with Crippen molar-refractivity contribution >= 4 is 22.9 Å². The van der Waals surface area contributed by atoms with Gasteiger partial charge in [-0.05, 0) is 42.5 Å². The molecule has 0 fully saturated rings. The third kappa shape index (κ3) is 4.65. The maximum absolute atomic E-state index is 5.59. The molecule has 2 nitrogen and oxygen atoms in total. The molecule has 0 aliphatic carbocycles. The van der Waals surface area contributed by atoms with E-state index in [2.05, 4.69) is 44.9 Å². The standard InChI is InChI=1S/C15H24N2S/c1-11(2)9-12(3)10-17(4)14-7-5-13(6-8-14)15(16)18/h5-8,11-12H,9-10H2,1-4H3,(H2,16,18). The Labute approximate surface area is 116 Å². The minimum atomic E-state index is 0.456. The lowest BCUT2D eigenvalue weighted by molar-refractivity contribution is 0.441. The van der Waals surface area contributed by atoms with Crippen LogP contribution in [0.5, 0.6) is 0 Å². The van der Waals surface area contributed by atoms with E-state index in [4.69, 9.17) is 18.0 Å². The Morgan fingerprint density at radius 2 is 1.78 bits per heavy atom. The molecule has 0 saturated heterocycles. The van der Waals surface area contributed by atoms with E-state index in [0.717, 1.165) is 18.0 Å². The average Bonchev–Trinajstić information content (AvgIpc) is 2.27. The van der Waals surface area contributed by atoms with Gasteiger partial charge in [0.25, 0.3) is 0 Å². The lowest BCUT2D eigenvalue weighted by Crippen LogP contribution is -2.24. The van der Waals surface area contributed by atoms with Gasteiger partial charge in [0.15, 0.2) is 0 Å². The SMILES string of the molecule is CC(C)CC(C)CN(C)c1ccc(C(N)=S)cc1. The van der Waals surface area contributed by atoms with Gasteiger partial charge in [0, 0.05) is 24.8 Å². The summed E-state index contributed by atoms with van der Waals surface area (Å²) in [4.78, 5) is 2.74. The molecule has 0 bridgehead atoms. The summed E-state index contributed by atoms with van der Waals surface area (Å²) in [6.07, 6.45) is 1.26. The first-order valence-electron chi connectivity index (χ1n) is 6.51. The van der Waals surface area contributed by atoms with Crippen LogP contribution in [0, 0.1) is 11.8 Å². The lowest BCUT2D eigenvalue weighted by Gasteiger charge is -2.24. The summed E-state index contributed by atoms with van der Waals surface area (Å²) in [6.45, 7) is 7.92. The molecule has 0 heterocycles. The zero-order valence-electron chi connectivity index (χ0n) is 11.8. The first-order valence-corrected chi connectivity index (χ1v) is 6.92. The molecule has 0 aliphatic heterocycles. The molecule has 2 N–H and O–H groups in total. The molecule has 1 atom stereocenters. The first-order chi connectivity index (χ1) is 8.40. The minimum Gasteiger partial charge on any atom is -0.389 e. The Bertz CT molecular complexity index is 384. The topological polar surface area (TPSA) is 29.3 Å². The van der Waals surface area contributed by atoms with Crippen LogP contribution >= 0.6 is 12.2 Å². The van der Waals surface area contributed by atoms with Crippen molar-refractivity contribution in [3.05, 3.63) is 29.8 Å². The van der Waals surface area contributed by atoms with Crippen molar-refractivity contribution < 1.29 is 0 Å². The number of nitrogens with zero attached hydrogens (tertiary/aromatic N) is 1. The van der Waals surface area contributed by atoms with E-state index in [0.29, 0.717) is 10.9 Å². The molecule has 3 heteroatoms. The van der Waals surface area contributed by atoms with Crippen molar-refractivity contribution in [3.63, 3.8) is 0 Å². The van der Waals surface area contributed by atoms with E-state index in [1.165, 1.54) is 12.1 Å². The molecular formula is C15H24N2S. The van der Waals surface area contributed by atoms with Crippen LogP contribution in [-0.2, 0) is 0 Å². The van der Waals surface area contributed by atoms with Gasteiger partial charge in [-0.3, -0.25) is 0 Å². The predicted molar refractivity (Wildman–Crippen MR) is 84.2 cm³/mol. The predicted octanol–water partition coefficient (Wildman–Crippen LogP) is 3.44. The number of nitrogens with two attached hydrogens (primary N) is 1. The second-order valence-corrected chi connectivity index (χ2v) is 5.97. The van der Waals surface area contributed by atoms with E-state index >= 15 is 0 Å². The van der Waals surface area contributed by atoms with Crippen LogP contribution in [-0.4, -0.2) is 18.6 Å². The van der Waals surface area contributed by atoms with Crippen molar-refractivity contribution in [2.75, 3.05) is 18.5 Å². The number of hydrogen-bond donors (Lipinski definition) is 1. The molecule has 18 heavy (non-hydrogen) atoms. The fourth-order valence-electron chi connectivity index (χ4n) is 2.33. The Kier molecular flexibility index (Phi) is 5.60. The Hall–Kier alpha value is -1.09. The molecule has 1 aromatic rings. The molecule has 0 spiro atoms. The lowest BCUT2D eigenvalue weighted by atomic mass is 9.98. The summed E-state index contributed by atoms with van der Waals surface area (Å²) >= 11 is 4.95. The second kappa shape index (κ2) is 6.74. The van der Waals surface area contributed by atoms with Crippen LogP contribution in [0.4, 0.5) is 5.69 Å². The van der Waals surface area contributed by atoms with Crippen LogP contribution in [0.2, 0.25) is 0 Å². The van der Waals surface area contributed by atoms with Gasteiger partial charge in [-0.25, -0.2) is 0 Å². The van der Waals surface area contributed by atoms with Gasteiger partial charge >= 0.3 is 0 Å². The van der Waals surface area contributed by atoms with Crippen molar-refractivity contribution in [1.82, 2.24) is 0 Å². The van der Waals surface area contributed by atoms with Crippen molar-refractivity contribution in [2.24, 2.45) is 17.6 Å². The Morgan fingerprint density at radius 3 is 2.22 bits per heavy atom. The molecule has 1 unspecified atom stereocenters. The fourth-order valence-corrected chi connectivity index (χ4v) is 2.47. The van der Waals surface area contributed by atoms with E-state index in [-0.39, 0.29) is 0 Å². The number of anilines is 1. The van der Waals surface area contributed by atoms with Crippen LogP contribution in [0.25, 0.3) is 0 Å². The average molecular weight is 264 g/mol. The smallest absolute Gasteiger partial charge is 0.103 e. The number of benzene rings is 1. The zero-order valence-corrected chi connectivity index (χ0v) is 12.6. The molecule has 0 saturated carbocycles. The van der Waals surface area contributed by atoms with Gasteiger partial charge in [0.2, 0.25) is 0 Å². The molecule has 0 radical (unpaired) electrons. The monoisotopic (exact) mass is 264 g/mol. The van der Waals surface area contributed by atoms with Gasteiger partial charge in [-0.1, -0.05) is 33.0 Å². The van der Waals surface area contributed by atoms with Gasteiger partial charge in [-0.2, -0.15) is 0 Å². The summed E-state index contributed by atoms with van der Waals surface area (Å²) < 4.78 is 0. The molecule has 0 aromatic heterocycles. The highest BCUT2D eigenvalue weighted by Gasteiger charge is 2.09. The summed E-state index contributed by atoms with van der Waals surface area (Å²) in [5.74, 6) is 1.45. The quantitative estimate of drug-likeness (QED) is 0.798. The number of rotatable bonds is 6. The van der Waals surface area contributed by atoms with E-state index in [1.54, 1.807) is 0 Å². The Balaban J connectivity index is 2.61. The molecule has 1 aromatic carbocycles. The van der Waals surface area contributed by atoms with E-state index in [9.17, 15) is 0 Å². The van der Waals surface area contributed by atoms with Crippen molar-refractivity contribution in [3.8, 4) is 0 Å². The fraction of sp³-hybridized carbons (Fsp3) is 0.533. The van der Waals surface area contributed by atoms with E-state index < -0.39 is 0 Å². The summed E-state index contributed by atoms with van der Waals surface area (Å²) in [5.41, 5.74) is 7.73. The summed E-state index contributed by atoms with van der Waals surface area (Å²) in [5, 5.41) is 0. The largest absolute Gasteiger partial charge is 0.389 e. The van der Waals surface area contributed by atoms with Gasteiger partial charge in [-0.15, -0.1) is 0 Å². The van der Waals surface area contributed by atoms with Crippen molar-refractivity contribution in [1.29, 1.82) is 0 Å². The highest BCUT2D eigenvalue weighted by molar-refractivity contribution is 7.80. The van der Waals surface area contributed by atoms with Crippen LogP contribution < -0.4 is 10.6 Å². The van der Waals surface area contributed by atoms with Gasteiger partial charge in [0.1, 0.15) is 4.99 Å². The molecule has 0 amide bonds.